The summed E-state index contributed by atoms with van der Waals surface area (Å²) in [5.41, 5.74) is 3.26. The summed E-state index contributed by atoms with van der Waals surface area (Å²) in [6.45, 7) is 0.857. The summed E-state index contributed by atoms with van der Waals surface area (Å²) in [6.07, 6.45) is 0.199. The predicted molar refractivity (Wildman–Crippen MR) is 130 cm³/mol. The Labute approximate surface area is 202 Å². The van der Waals surface area contributed by atoms with Gasteiger partial charge in [0.2, 0.25) is 17.6 Å². The van der Waals surface area contributed by atoms with Gasteiger partial charge in [0.1, 0.15) is 5.75 Å². The van der Waals surface area contributed by atoms with Crippen molar-refractivity contribution >= 4 is 17.5 Å². The van der Waals surface area contributed by atoms with E-state index in [2.05, 4.69) is 15.5 Å². The molecule has 2 heterocycles. The van der Waals surface area contributed by atoms with Gasteiger partial charge in [-0.15, -0.1) is 0 Å². The minimum atomic E-state index is -0.398. The lowest BCUT2D eigenvalue weighted by Crippen LogP contribution is -2.28. The van der Waals surface area contributed by atoms with Crippen LogP contribution in [0.5, 0.6) is 5.75 Å². The molecular formula is C27H24N4O4. The summed E-state index contributed by atoms with van der Waals surface area (Å²) in [4.78, 5) is 31.4. The first kappa shape index (κ1) is 22.3. The maximum absolute atomic E-state index is 12.8. The Kier molecular flexibility index (Phi) is 6.26. The molecule has 0 aliphatic carbocycles. The second-order valence-corrected chi connectivity index (χ2v) is 8.38. The molecule has 0 spiro atoms. The minimum Gasteiger partial charge on any atom is -0.497 e. The third-order valence-corrected chi connectivity index (χ3v) is 5.98. The monoisotopic (exact) mass is 468 g/mol. The van der Waals surface area contributed by atoms with E-state index in [0.717, 1.165) is 22.4 Å². The normalized spacial score (nSPS) is 15.3. The van der Waals surface area contributed by atoms with Crippen molar-refractivity contribution in [1.29, 1.82) is 0 Å². The van der Waals surface area contributed by atoms with Crippen LogP contribution >= 0.6 is 0 Å². The molecule has 1 aliphatic heterocycles. The fourth-order valence-electron chi connectivity index (χ4n) is 4.04. The number of benzene rings is 3. The maximum atomic E-state index is 12.8. The zero-order valence-electron chi connectivity index (χ0n) is 19.2. The molecule has 3 aromatic carbocycles. The van der Waals surface area contributed by atoms with Crippen LogP contribution in [-0.4, -0.2) is 40.5 Å². The number of amides is 2. The van der Waals surface area contributed by atoms with Crippen LogP contribution in [0.2, 0.25) is 0 Å². The Bertz CT molecular complexity index is 1320. The smallest absolute Gasteiger partial charge is 0.258 e. The summed E-state index contributed by atoms with van der Waals surface area (Å²) in [5.74, 6) is 1.08. The van der Waals surface area contributed by atoms with E-state index in [1.165, 1.54) is 0 Å². The molecule has 2 amide bonds. The third kappa shape index (κ3) is 5.06. The van der Waals surface area contributed by atoms with Gasteiger partial charge >= 0.3 is 0 Å². The van der Waals surface area contributed by atoms with Crippen molar-refractivity contribution in [3.05, 3.63) is 84.4 Å². The lowest BCUT2D eigenvalue weighted by atomic mass is 10.1. The highest BCUT2D eigenvalue weighted by Gasteiger charge is 2.34. The summed E-state index contributed by atoms with van der Waals surface area (Å²) in [5, 5.41) is 6.95. The molecule has 0 radical (unpaired) electrons. The molecule has 176 valence electrons. The van der Waals surface area contributed by atoms with E-state index in [4.69, 9.17) is 9.26 Å². The average Bonchev–Trinajstić information content (AvgIpc) is 3.53. The Morgan fingerprint density at radius 3 is 2.49 bits per heavy atom. The van der Waals surface area contributed by atoms with Gasteiger partial charge in [0.05, 0.1) is 13.0 Å². The first-order valence-corrected chi connectivity index (χ1v) is 11.3. The molecule has 1 saturated heterocycles. The van der Waals surface area contributed by atoms with Crippen molar-refractivity contribution in [3.63, 3.8) is 0 Å². The van der Waals surface area contributed by atoms with Gasteiger partial charge in [-0.1, -0.05) is 47.6 Å². The fourth-order valence-corrected chi connectivity index (χ4v) is 4.04. The summed E-state index contributed by atoms with van der Waals surface area (Å²) >= 11 is 0. The Morgan fingerprint density at radius 1 is 1.03 bits per heavy atom. The number of methoxy groups -OCH3 is 1. The fraction of sp³-hybridized carbons (Fsp3) is 0.185. The molecule has 0 saturated carbocycles. The Hall–Kier alpha value is -4.46. The van der Waals surface area contributed by atoms with Crippen LogP contribution in [0.25, 0.3) is 22.8 Å². The molecule has 1 atom stereocenters. The standard InChI is InChI=1S/C27H24N4O4/c1-34-23-13-7-18(8-14-23)16-31-17-21(15-24(31)32)26(33)28-22-11-9-20(10-12-22)27-29-25(30-35-27)19-5-3-2-4-6-19/h2-14,21H,15-17H2,1H3,(H,28,33). The van der Waals surface area contributed by atoms with Crippen LogP contribution in [0, 0.1) is 5.92 Å². The number of likely N-dealkylation sites (tertiary alicyclic amines) is 1. The lowest BCUT2D eigenvalue weighted by molar-refractivity contribution is -0.128. The number of hydrogen-bond donors (Lipinski definition) is 1. The van der Waals surface area contributed by atoms with Crippen LogP contribution in [0.15, 0.2) is 83.4 Å². The minimum absolute atomic E-state index is 0.0260. The molecule has 1 fully saturated rings. The molecule has 8 nitrogen and oxygen atoms in total. The molecule has 1 aromatic heterocycles. The molecule has 1 N–H and O–H groups in total. The number of rotatable bonds is 7. The van der Waals surface area contributed by atoms with Crippen molar-refractivity contribution < 1.29 is 18.8 Å². The van der Waals surface area contributed by atoms with E-state index in [0.29, 0.717) is 30.5 Å². The van der Waals surface area contributed by atoms with Crippen molar-refractivity contribution in [2.75, 3.05) is 19.0 Å². The van der Waals surface area contributed by atoms with Gasteiger partial charge in [0.15, 0.2) is 0 Å². The number of ether oxygens (including phenoxy) is 1. The van der Waals surface area contributed by atoms with Gasteiger partial charge < -0.3 is 19.5 Å². The quantitative estimate of drug-likeness (QED) is 0.432. The van der Waals surface area contributed by atoms with Crippen LogP contribution in [0.3, 0.4) is 0 Å². The maximum Gasteiger partial charge on any atom is 0.258 e. The topological polar surface area (TPSA) is 97.6 Å². The number of aromatic nitrogens is 2. The van der Waals surface area contributed by atoms with Crippen LogP contribution in [0.4, 0.5) is 5.69 Å². The number of carbonyl (C=O) groups is 2. The third-order valence-electron chi connectivity index (χ3n) is 5.98. The summed E-state index contributed by atoms with van der Waals surface area (Å²) < 4.78 is 10.6. The second-order valence-electron chi connectivity index (χ2n) is 8.38. The SMILES string of the molecule is COc1ccc(CN2CC(C(=O)Nc3ccc(-c4nc(-c5ccccc5)no4)cc3)CC2=O)cc1. The van der Waals surface area contributed by atoms with E-state index in [1.54, 1.807) is 24.1 Å². The summed E-state index contributed by atoms with van der Waals surface area (Å²) in [6, 6.07) is 24.4. The first-order chi connectivity index (χ1) is 17.1. The molecule has 1 aliphatic rings. The van der Waals surface area contributed by atoms with Crippen LogP contribution in [-0.2, 0) is 16.1 Å². The molecule has 8 heteroatoms. The number of hydrogen-bond acceptors (Lipinski definition) is 6. The highest BCUT2D eigenvalue weighted by atomic mass is 16.5. The number of anilines is 1. The second kappa shape index (κ2) is 9.80. The molecular weight excluding hydrogens is 444 g/mol. The van der Waals surface area contributed by atoms with Crippen LogP contribution < -0.4 is 10.1 Å². The van der Waals surface area contributed by atoms with Crippen molar-refractivity contribution in [2.45, 2.75) is 13.0 Å². The van der Waals surface area contributed by atoms with Crippen molar-refractivity contribution in [2.24, 2.45) is 5.92 Å². The highest BCUT2D eigenvalue weighted by Crippen LogP contribution is 2.25. The van der Waals surface area contributed by atoms with Crippen LogP contribution in [0.1, 0.15) is 12.0 Å². The Morgan fingerprint density at radius 2 is 1.77 bits per heavy atom. The van der Waals surface area contributed by atoms with Gasteiger partial charge in [0, 0.05) is 36.3 Å². The lowest BCUT2D eigenvalue weighted by Gasteiger charge is -2.17. The zero-order chi connectivity index (χ0) is 24.2. The van der Waals surface area contributed by atoms with Crippen molar-refractivity contribution in [1.82, 2.24) is 15.0 Å². The number of carbonyl (C=O) groups excluding carboxylic acids is 2. The Balaban J connectivity index is 1.19. The molecule has 1 unspecified atom stereocenters. The van der Waals surface area contributed by atoms with Crippen molar-refractivity contribution in [3.8, 4) is 28.6 Å². The van der Waals surface area contributed by atoms with Gasteiger partial charge in [0.25, 0.3) is 5.89 Å². The van der Waals surface area contributed by atoms with E-state index < -0.39 is 5.92 Å². The molecule has 0 bridgehead atoms. The summed E-state index contributed by atoms with van der Waals surface area (Å²) in [7, 11) is 1.61. The molecule has 5 rings (SSSR count). The van der Waals surface area contributed by atoms with Gasteiger partial charge in [-0.05, 0) is 42.0 Å². The number of nitrogens with zero attached hydrogens (tertiary/aromatic N) is 3. The molecule has 4 aromatic rings. The zero-order valence-corrected chi connectivity index (χ0v) is 19.2. The largest absolute Gasteiger partial charge is 0.497 e. The van der Waals surface area contributed by atoms with E-state index in [1.807, 2.05) is 66.7 Å². The predicted octanol–water partition coefficient (Wildman–Crippen LogP) is 4.40. The van der Waals surface area contributed by atoms with E-state index in [9.17, 15) is 9.59 Å². The van der Waals surface area contributed by atoms with Gasteiger partial charge in [-0.2, -0.15) is 4.98 Å². The molecule has 35 heavy (non-hydrogen) atoms. The van der Waals surface area contributed by atoms with E-state index >= 15 is 0 Å². The first-order valence-electron chi connectivity index (χ1n) is 11.3. The highest BCUT2D eigenvalue weighted by molar-refractivity contribution is 5.97. The average molecular weight is 469 g/mol. The van der Waals surface area contributed by atoms with Gasteiger partial charge in [-0.3, -0.25) is 9.59 Å². The number of nitrogens with one attached hydrogen (secondary N) is 1. The van der Waals surface area contributed by atoms with E-state index in [-0.39, 0.29) is 18.2 Å². The van der Waals surface area contributed by atoms with Gasteiger partial charge in [-0.25, -0.2) is 0 Å².